The molecule has 1 saturated heterocycles. The van der Waals surface area contributed by atoms with Crippen LogP contribution in [0, 0.1) is 6.92 Å². The van der Waals surface area contributed by atoms with E-state index in [1.54, 1.807) is 25.3 Å². The summed E-state index contributed by atoms with van der Waals surface area (Å²) in [5.41, 5.74) is 1.35. The van der Waals surface area contributed by atoms with Crippen LogP contribution >= 0.6 is 0 Å². The third-order valence-electron chi connectivity index (χ3n) is 5.15. The number of aliphatic hydroxyl groups is 1. The van der Waals surface area contributed by atoms with Crippen LogP contribution in [0.3, 0.4) is 0 Å². The maximum absolute atomic E-state index is 12.8. The van der Waals surface area contributed by atoms with E-state index in [-0.39, 0.29) is 18.4 Å². The highest BCUT2D eigenvalue weighted by Gasteiger charge is 2.42. The van der Waals surface area contributed by atoms with Gasteiger partial charge in [0.2, 0.25) is 5.91 Å². The third-order valence-corrected chi connectivity index (χ3v) is 5.15. The normalized spacial score (nSPS) is 19.7. The minimum Gasteiger partial charge on any atom is -0.497 e. The van der Waals surface area contributed by atoms with Crippen molar-refractivity contribution >= 4 is 5.91 Å². The first-order valence-electron chi connectivity index (χ1n) is 8.58. The van der Waals surface area contributed by atoms with E-state index in [1.807, 2.05) is 31.2 Å². The van der Waals surface area contributed by atoms with Crippen molar-refractivity contribution in [1.82, 2.24) is 14.9 Å². The molecule has 2 aromatic rings. The molecule has 25 heavy (non-hydrogen) atoms. The van der Waals surface area contributed by atoms with Gasteiger partial charge in [0, 0.05) is 12.2 Å². The second-order valence-electron chi connectivity index (χ2n) is 6.77. The molecule has 3 rings (SSSR count). The largest absolute Gasteiger partial charge is 0.497 e. The van der Waals surface area contributed by atoms with Gasteiger partial charge in [0.1, 0.15) is 11.4 Å². The minimum absolute atomic E-state index is 0.00601. The lowest BCUT2D eigenvalue weighted by Gasteiger charge is -2.37. The fourth-order valence-electron chi connectivity index (χ4n) is 3.58. The first-order chi connectivity index (χ1) is 11.9. The molecule has 0 bridgehead atoms. The molecule has 1 aliphatic heterocycles. The Bertz CT molecular complexity index is 737. The number of nitrogens with one attached hydrogen (secondary N) is 1. The average molecular weight is 343 g/mol. The summed E-state index contributed by atoms with van der Waals surface area (Å²) in [6.07, 6.45) is 3.53. The number of amides is 1. The summed E-state index contributed by atoms with van der Waals surface area (Å²) in [5, 5.41) is 11.2. The molecular weight excluding hydrogens is 318 g/mol. The molecule has 1 amide bonds. The maximum atomic E-state index is 12.8. The highest BCUT2D eigenvalue weighted by molar-refractivity contribution is 5.79. The Morgan fingerprint density at radius 2 is 2.16 bits per heavy atom. The number of ether oxygens (including phenoxy) is 1. The SMILES string of the molecule is COc1ccc(C(C)(O)C2CCCN2C(=O)Cc2nc[nH]c2C)cc1. The molecule has 0 aliphatic carbocycles. The van der Waals surface area contributed by atoms with Crippen molar-refractivity contribution in [3.63, 3.8) is 0 Å². The summed E-state index contributed by atoms with van der Waals surface area (Å²) in [5.74, 6) is 0.749. The molecule has 2 heterocycles. The van der Waals surface area contributed by atoms with Gasteiger partial charge in [0.25, 0.3) is 0 Å². The van der Waals surface area contributed by atoms with E-state index in [4.69, 9.17) is 4.74 Å². The van der Waals surface area contributed by atoms with Crippen LogP contribution in [0.25, 0.3) is 0 Å². The zero-order chi connectivity index (χ0) is 18.0. The second-order valence-corrected chi connectivity index (χ2v) is 6.77. The predicted molar refractivity (Wildman–Crippen MR) is 94.3 cm³/mol. The van der Waals surface area contributed by atoms with E-state index in [0.717, 1.165) is 35.5 Å². The molecule has 0 radical (unpaired) electrons. The van der Waals surface area contributed by atoms with Crippen LogP contribution in [0.15, 0.2) is 30.6 Å². The van der Waals surface area contributed by atoms with Crippen molar-refractivity contribution in [3.8, 4) is 5.75 Å². The van der Waals surface area contributed by atoms with Crippen LogP contribution in [-0.4, -0.2) is 45.6 Å². The molecule has 1 aromatic carbocycles. The van der Waals surface area contributed by atoms with Gasteiger partial charge in [-0.15, -0.1) is 0 Å². The van der Waals surface area contributed by atoms with E-state index in [1.165, 1.54) is 0 Å². The highest BCUT2D eigenvalue weighted by atomic mass is 16.5. The molecule has 2 unspecified atom stereocenters. The van der Waals surface area contributed by atoms with Gasteiger partial charge >= 0.3 is 0 Å². The number of carbonyl (C=O) groups is 1. The molecular formula is C19H25N3O3. The highest BCUT2D eigenvalue weighted by Crippen LogP contribution is 2.35. The summed E-state index contributed by atoms with van der Waals surface area (Å²) in [4.78, 5) is 21.8. The third kappa shape index (κ3) is 3.39. The molecule has 1 fully saturated rings. The van der Waals surface area contributed by atoms with Gasteiger partial charge in [-0.25, -0.2) is 4.98 Å². The first-order valence-corrected chi connectivity index (χ1v) is 8.58. The fourth-order valence-corrected chi connectivity index (χ4v) is 3.58. The van der Waals surface area contributed by atoms with E-state index < -0.39 is 5.60 Å². The van der Waals surface area contributed by atoms with Crippen LogP contribution < -0.4 is 4.74 Å². The lowest BCUT2D eigenvalue weighted by atomic mass is 9.86. The predicted octanol–water partition coefficient (Wildman–Crippen LogP) is 2.17. The number of hydrogen-bond donors (Lipinski definition) is 2. The van der Waals surface area contributed by atoms with Gasteiger partial charge in [0.15, 0.2) is 0 Å². The number of aromatic amines is 1. The number of benzene rings is 1. The standard InChI is InChI=1S/C19H25N3O3/c1-13-16(21-12-20-13)11-18(23)22-10-4-5-17(22)19(2,24)14-6-8-15(25-3)9-7-14/h6-9,12,17,24H,4-5,10-11H2,1-3H3,(H,20,21). The number of aromatic nitrogens is 2. The molecule has 0 saturated carbocycles. The monoisotopic (exact) mass is 343 g/mol. The Morgan fingerprint density at radius 1 is 1.44 bits per heavy atom. The topological polar surface area (TPSA) is 78.5 Å². The van der Waals surface area contributed by atoms with E-state index in [0.29, 0.717) is 6.54 Å². The Kier molecular flexibility index (Phi) is 4.81. The summed E-state index contributed by atoms with van der Waals surface area (Å²) >= 11 is 0. The summed E-state index contributed by atoms with van der Waals surface area (Å²) in [7, 11) is 1.61. The quantitative estimate of drug-likeness (QED) is 0.872. The molecule has 2 N–H and O–H groups in total. The van der Waals surface area contributed by atoms with Gasteiger partial charge in [-0.05, 0) is 44.4 Å². The molecule has 6 heteroatoms. The van der Waals surface area contributed by atoms with Crippen LogP contribution in [0.1, 0.15) is 36.7 Å². The number of aryl methyl sites for hydroxylation is 1. The second kappa shape index (κ2) is 6.88. The number of imidazole rings is 1. The number of hydrogen-bond acceptors (Lipinski definition) is 4. The summed E-state index contributed by atoms with van der Waals surface area (Å²) < 4.78 is 5.18. The number of likely N-dealkylation sites (tertiary alicyclic amines) is 1. The number of rotatable bonds is 5. The van der Waals surface area contributed by atoms with Crippen molar-refractivity contribution in [2.24, 2.45) is 0 Å². The number of H-pyrrole nitrogens is 1. The van der Waals surface area contributed by atoms with Crippen LogP contribution in [0.5, 0.6) is 5.75 Å². The molecule has 2 atom stereocenters. The van der Waals surface area contributed by atoms with Crippen molar-refractivity contribution in [3.05, 3.63) is 47.5 Å². The number of nitrogens with zero attached hydrogens (tertiary/aromatic N) is 2. The number of methoxy groups -OCH3 is 1. The molecule has 0 spiro atoms. The molecule has 134 valence electrons. The van der Waals surface area contributed by atoms with Gasteiger partial charge in [-0.3, -0.25) is 4.79 Å². The van der Waals surface area contributed by atoms with Crippen molar-refractivity contribution < 1.29 is 14.6 Å². The first kappa shape index (κ1) is 17.5. The number of carbonyl (C=O) groups excluding carboxylic acids is 1. The fraction of sp³-hybridized carbons (Fsp3) is 0.474. The minimum atomic E-state index is -1.11. The molecule has 6 nitrogen and oxygen atoms in total. The Hall–Kier alpha value is -2.34. The average Bonchev–Trinajstić information content (AvgIpc) is 3.25. The smallest absolute Gasteiger partial charge is 0.229 e. The molecule has 1 aliphatic rings. The van der Waals surface area contributed by atoms with E-state index in [2.05, 4.69) is 9.97 Å². The molecule has 1 aromatic heterocycles. The van der Waals surface area contributed by atoms with Crippen molar-refractivity contribution in [1.29, 1.82) is 0 Å². The van der Waals surface area contributed by atoms with Gasteiger partial charge in [-0.2, -0.15) is 0 Å². The lowest BCUT2D eigenvalue weighted by molar-refractivity contribution is -0.137. The van der Waals surface area contributed by atoms with Crippen LogP contribution in [0.4, 0.5) is 0 Å². The van der Waals surface area contributed by atoms with Gasteiger partial charge in [0.05, 0.1) is 31.6 Å². The zero-order valence-corrected chi connectivity index (χ0v) is 15.0. The van der Waals surface area contributed by atoms with Gasteiger partial charge < -0.3 is 19.7 Å². The van der Waals surface area contributed by atoms with E-state index >= 15 is 0 Å². The Balaban J connectivity index is 1.79. The summed E-state index contributed by atoms with van der Waals surface area (Å²) in [6, 6.07) is 7.14. The van der Waals surface area contributed by atoms with Gasteiger partial charge in [-0.1, -0.05) is 12.1 Å². The Morgan fingerprint density at radius 3 is 2.76 bits per heavy atom. The maximum Gasteiger partial charge on any atom is 0.229 e. The van der Waals surface area contributed by atoms with Crippen LogP contribution in [0.2, 0.25) is 0 Å². The van der Waals surface area contributed by atoms with Crippen molar-refractivity contribution in [2.45, 2.75) is 44.8 Å². The summed E-state index contributed by atoms with van der Waals surface area (Å²) in [6.45, 7) is 4.36. The van der Waals surface area contributed by atoms with Crippen LogP contribution in [-0.2, 0) is 16.8 Å². The van der Waals surface area contributed by atoms with E-state index in [9.17, 15) is 9.90 Å². The van der Waals surface area contributed by atoms with Crippen molar-refractivity contribution in [2.75, 3.05) is 13.7 Å². The zero-order valence-electron chi connectivity index (χ0n) is 15.0. The lowest BCUT2D eigenvalue weighted by Crippen LogP contribution is -2.48. The Labute approximate surface area is 147 Å².